The summed E-state index contributed by atoms with van der Waals surface area (Å²) in [7, 11) is 3.19. The van der Waals surface area contributed by atoms with E-state index in [9.17, 15) is 9.59 Å². The van der Waals surface area contributed by atoms with Crippen molar-refractivity contribution in [2.45, 2.75) is 39.7 Å². The Morgan fingerprint density at radius 2 is 1.76 bits per heavy atom. The van der Waals surface area contributed by atoms with Crippen molar-refractivity contribution in [1.82, 2.24) is 10.2 Å². The van der Waals surface area contributed by atoms with E-state index in [1.807, 2.05) is 57.2 Å². The number of anilines is 1. The van der Waals surface area contributed by atoms with E-state index in [2.05, 4.69) is 10.6 Å². The Morgan fingerprint density at radius 3 is 2.38 bits per heavy atom. The molecule has 0 aliphatic carbocycles. The molecule has 1 atom stereocenters. The van der Waals surface area contributed by atoms with Crippen LogP contribution in [0.5, 0.6) is 17.2 Å². The Hall–Kier alpha value is -3.42. The molecule has 0 bridgehead atoms. The summed E-state index contributed by atoms with van der Waals surface area (Å²) in [4.78, 5) is 27.5. The molecular formula is C26H35N3O5. The molecule has 8 heteroatoms. The first-order valence-corrected chi connectivity index (χ1v) is 11.7. The van der Waals surface area contributed by atoms with Crippen molar-refractivity contribution in [3.8, 4) is 17.2 Å². The molecule has 3 amide bonds. The Kier molecular flexibility index (Phi) is 8.62. The molecule has 2 aromatic rings. The summed E-state index contributed by atoms with van der Waals surface area (Å²) in [5.74, 6) is 2.21. The van der Waals surface area contributed by atoms with Crippen LogP contribution in [-0.4, -0.2) is 50.8 Å². The van der Waals surface area contributed by atoms with E-state index in [1.165, 1.54) is 0 Å². The molecule has 1 aliphatic heterocycles. The van der Waals surface area contributed by atoms with Crippen LogP contribution in [-0.2, 0) is 11.2 Å². The second-order valence-electron chi connectivity index (χ2n) is 8.65. The maximum Gasteiger partial charge on any atom is 0.322 e. The lowest BCUT2D eigenvalue weighted by Gasteiger charge is -2.38. The zero-order valence-electron chi connectivity index (χ0n) is 20.6. The average Bonchev–Trinajstić information content (AvgIpc) is 2.82. The minimum absolute atomic E-state index is 0.0329. The van der Waals surface area contributed by atoms with Crippen LogP contribution >= 0.6 is 0 Å². The molecule has 0 fully saturated rings. The smallest absolute Gasteiger partial charge is 0.322 e. The number of amides is 3. The maximum absolute atomic E-state index is 13.3. The molecule has 1 unspecified atom stereocenters. The van der Waals surface area contributed by atoms with Gasteiger partial charge >= 0.3 is 6.03 Å². The maximum atomic E-state index is 13.3. The second kappa shape index (κ2) is 11.6. The summed E-state index contributed by atoms with van der Waals surface area (Å²) in [6.07, 6.45) is 1.10. The number of fused-ring (bicyclic) bond motifs is 1. The molecule has 2 N–H and O–H groups in total. The molecular weight excluding hydrogens is 434 g/mol. The van der Waals surface area contributed by atoms with Gasteiger partial charge in [0.05, 0.1) is 26.9 Å². The molecule has 1 heterocycles. The first-order valence-electron chi connectivity index (χ1n) is 11.7. The van der Waals surface area contributed by atoms with Gasteiger partial charge < -0.3 is 29.7 Å². The fourth-order valence-corrected chi connectivity index (χ4v) is 4.14. The van der Waals surface area contributed by atoms with Gasteiger partial charge in [-0.1, -0.05) is 13.8 Å². The molecule has 0 saturated carbocycles. The Morgan fingerprint density at radius 1 is 1.09 bits per heavy atom. The number of rotatable bonds is 9. The zero-order chi connectivity index (χ0) is 24.7. The number of ether oxygens (including phenoxy) is 3. The van der Waals surface area contributed by atoms with Gasteiger partial charge in [0.1, 0.15) is 5.75 Å². The van der Waals surface area contributed by atoms with Crippen LogP contribution in [0.3, 0.4) is 0 Å². The van der Waals surface area contributed by atoms with Crippen molar-refractivity contribution >= 4 is 17.6 Å². The number of hydrogen-bond acceptors (Lipinski definition) is 5. The van der Waals surface area contributed by atoms with Crippen molar-refractivity contribution in [3.05, 3.63) is 47.5 Å². The number of hydrogen-bond donors (Lipinski definition) is 2. The van der Waals surface area contributed by atoms with Gasteiger partial charge in [0, 0.05) is 25.2 Å². The van der Waals surface area contributed by atoms with Gasteiger partial charge in [-0.3, -0.25) is 4.79 Å². The summed E-state index contributed by atoms with van der Waals surface area (Å²) in [6.45, 7) is 7.33. The summed E-state index contributed by atoms with van der Waals surface area (Å²) in [5, 5.41) is 5.99. The van der Waals surface area contributed by atoms with Crippen LogP contribution in [0.25, 0.3) is 0 Å². The van der Waals surface area contributed by atoms with Gasteiger partial charge in [0.15, 0.2) is 11.5 Å². The van der Waals surface area contributed by atoms with E-state index in [-0.39, 0.29) is 23.9 Å². The van der Waals surface area contributed by atoms with Gasteiger partial charge in [-0.2, -0.15) is 0 Å². The highest BCUT2D eigenvalue weighted by molar-refractivity contribution is 5.90. The number of urea groups is 1. The zero-order valence-corrected chi connectivity index (χ0v) is 20.6. The minimum Gasteiger partial charge on any atom is -0.494 e. The summed E-state index contributed by atoms with van der Waals surface area (Å²) in [6, 6.07) is 10.6. The number of carbonyl (C=O) groups excluding carboxylic acids is 2. The highest BCUT2D eigenvalue weighted by atomic mass is 16.5. The predicted molar refractivity (Wildman–Crippen MR) is 132 cm³/mol. The third kappa shape index (κ3) is 6.12. The van der Waals surface area contributed by atoms with E-state index in [0.717, 1.165) is 16.9 Å². The number of benzene rings is 2. The predicted octanol–water partition coefficient (Wildman–Crippen LogP) is 4.40. The van der Waals surface area contributed by atoms with Gasteiger partial charge in [-0.15, -0.1) is 0 Å². The van der Waals surface area contributed by atoms with Gasteiger partial charge in [-0.25, -0.2) is 4.79 Å². The summed E-state index contributed by atoms with van der Waals surface area (Å²) < 4.78 is 16.4. The van der Waals surface area contributed by atoms with Crippen LogP contribution in [0.4, 0.5) is 10.5 Å². The normalized spacial score (nSPS) is 14.9. The molecule has 0 aromatic heterocycles. The lowest BCUT2D eigenvalue weighted by atomic mass is 9.91. The molecule has 184 valence electrons. The lowest BCUT2D eigenvalue weighted by Crippen LogP contribution is -2.47. The average molecular weight is 470 g/mol. The van der Waals surface area contributed by atoms with E-state index in [0.29, 0.717) is 49.7 Å². The molecule has 0 saturated heterocycles. The van der Waals surface area contributed by atoms with E-state index in [4.69, 9.17) is 14.2 Å². The van der Waals surface area contributed by atoms with Crippen molar-refractivity contribution in [3.63, 3.8) is 0 Å². The monoisotopic (exact) mass is 469 g/mol. The van der Waals surface area contributed by atoms with Crippen molar-refractivity contribution < 1.29 is 23.8 Å². The standard InChI is InChI=1S/C26H35N3O5/c1-6-34-20-9-7-19(8-10-20)28-26(31)29-12-11-18-14-23(32-4)24(33-5)15-21(18)22(29)16-27-25(30)13-17(2)3/h7-10,14-15,17,22H,6,11-13,16H2,1-5H3,(H,27,30)(H,28,31). The van der Waals surface area contributed by atoms with Crippen molar-refractivity contribution in [1.29, 1.82) is 0 Å². The highest BCUT2D eigenvalue weighted by Crippen LogP contribution is 2.38. The topological polar surface area (TPSA) is 89.1 Å². The Labute approximate surface area is 201 Å². The van der Waals surface area contributed by atoms with E-state index in [1.54, 1.807) is 19.1 Å². The molecule has 0 radical (unpaired) electrons. The first kappa shape index (κ1) is 25.2. The largest absolute Gasteiger partial charge is 0.494 e. The SMILES string of the molecule is CCOc1ccc(NC(=O)N2CCc3cc(OC)c(OC)cc3C2CNC(=O)CC(C)C)cc1. The van der Waals surface area contributed by atoms with E-state index < -0.39 is 0 Å². The summed E-state index contributed by atoms with van der Waals surface area (Å²) >= 11 is 0. The number of nitrogens with one attached hydrogen (secondary N) is 2. The number of nitrogens with zero attached hydrogens (tertiary/aromatic N) is 1. The number of carbonyl (C=O) groups is 2. The van der Waals surface area contributed by atoms with Gasteiger partial charge in [-0.05, 0) is 66.8 Å². The Balaban J connectivity index is 1.85. The summed E-state index contributed by atoms with van der Waals surface area (Å²) in [5.41, 5.74) is 2.69. The molecule has 34 heavy (non-hydrogen) atoms. The highest BCUT2D eigenvalue weighted by Gasteiger charge is 2.32. The quantitative estimate of drug-likeness (QED) is 0.568. The molecule has 8 nitrogen and oxygen atoms in total. The fraction of sp³-hybridized carbons (Fsp3) is 0.462. The second-order valence-corrected chi connectivity index (χ2v) is 8.65. The van der Waals surface area contributed by atoms with Gasteiger partial charge in [0.2, 0.25) is 5.91 Å². The van der Waals surface area contributed by atoms with Gasteiger partial charge in [0.25, 0.3) is 0 Å². The van der Waals surface area contributed by atoms with Crippen molar-refractivity contribution in [2.75, 3.05) is 39.2 Å². The Bertz CT molecular complexity index is 991. The molecule has 3 rings (SSSR count). The van der Waals surface area contributed by atoms with E-state index >= 15 is 0 Å². The van der Waals surface area contributed by atoms with Crippen LogP contribution in [0, 0.1) is 5.92 Å². The minimum atomic E-state index is -0.345. The van der Waals surface area contributed by atoms with Crippen LogP contribution in [0.1, 0.15) is 44.4 Å². The lowest BCUT2D eigenvalue weighted by molar-refractivity contribution is -0.122. The van der Waals surface area contributed by atoms with Crippen LogP contribution in [0.15, 0.2) is 36.4 Å². The first-order chi connectivity index (χ1) is 16.4. The fourth-order valence-electron chi connectivity index (χ4n) is 4.14. The third-order valence-corrected chi connectivity index (χ3v) is 5.77. The molecule has 2 aromatic carbocycles. The molecule has 0 spiro atoms. The van der Waals surface area contributed by atoms with Crippen molar-refractivity contribution in [2.24, 2.45) is 5.92 Å². The molecule has 1 aliphatic rings. The van der Waals surface area contributed by atoms with Crippen LogP contribution in [0.2, 0.25) is 0 Å². The number of methoxy groups -OCH3 is 2. The van der Waals surface area contributed by atoms with Crippen LogP contribution < -0.4 is 24.8 Å². The third-order valence-electron chi connectivity index (χ3n) is 5.77.